The fourth-order valence-electron chi connectivity index (χ4n) is 6.60. The van der Waals surface area contributed by atoms with Gasteiger partial charge in [-0.3, -0.25) is 15.7 Å². The van der Waals surface area contributed by atoms with Gasteiger partial charge in [0.1, 0.15) is 17.5 Å². The van der Waals surface area contributed by atoms with E-state index in [2.05, 4.69) is 33.9 Å². The summed E-state index contributed by atoms with van der Waals surface area (Å²) < 4.78 is 48.0. The number of benzene rings is 1. The molecule has 8 nitrogen and oxygen atoms in total. The first-order valence-corrected chi connectivity index (χ1v) is 15.8. The minimum Gasteiger partial charge on any atom is -0.386 e. The third-order valence-electron chi connectivity index (χ3n) is 9.64. The number of piperidine rings is 1. The summed E-state index contributed by atoms with van der Waals surface area (Å²) in [5.74, 6) is 1.63. The van der Waals surface area contributed by atoms with Crippen molar-refractivity contribution in [3.05, 3.63) is 70.3 Å². The van der Waals surface area contributed by atoms with Gasteiger partial charge in [-0.15, -0.1) is 0 Å². The molecule has 236 valence electrons. The number of alkyl halides is 2. The second-order valence-corrected chi connectivity index (χ2v) is 13.0. The molecule has 7 rings (SSSR count). The van der Waals surface area contributed by atoms with E-state index in [-0.39, 0.29) is 23.8 Å². The van der Waals surface area contributed by atoms with Crippen LogP contribution in [0.25, 0.3) is 10.9 Å². The van der Waals surface area contributed by atoms with Gasteiger partial charge in [0.2, 0.25) is 0 Å². The van der Waals surface area contributed by atoms with E-state index in [0.29, 0.717) is 31.3 Å². The van der Waals surface area contributed by atoms with Crippen LogP contribution in [0.1, 0.15) is 86.8 Å². The Morgan fingerprint density at radius 1 is 1.11 bits per heavy atom. The van der Waals surface area contributed by atoms with Crippen LogP contribution in [0.3, 0.4) is 0 Å². The van der Waals surface area contributed by atoms with Crippen LogP contribution in [-0.4, -0.2) is 46.0 Å². The molecular weight excluding hydrogens is 565 g/mol. The maximum atomic E-state index is 16.0. The lowest BCUT2D eigenvalue weighted by atomic mass is 9.85. The summed E-state index contributed by atoms with van der Waals surface area (Å²) in [6.07, 6.45) is 6.96. The average Bonchev–Trinajstić information content (AvgIpc) is 3.75. The highest BCUT2D eigenvalue weighted by Crippen LogP contribution is 2.48. The van der Waals surface area contributed by atoms with Crippen molar-refractivity contribution in [2.24, 2.45) is 11.8 Å². The zero-order valence-electron chi connectivity index (χ0n) is 25.8. The van der Waals surface area contributed by atoms with Gasteiger partial charge in [0.25, 0.3) is 5.92 Å². The molecule has 4 aliphatic rings. The summed E-state index contributed by atoms with van der Waals surface area (Å²) in [4.78, 5) is 16.8. The Bertz CT molecular complexity index is 1550. The Kier molecular flexibility index (Phi) is 8.45. The zero-order chi connectivity index (χ0) is 31.1. The number of nitrogens with two attached hydrogens (primary N) is 1. The van der Waals surface area contributed by atoms with Crippen molar-refractivity contribution in [3.63, 3.8) is 0 Å². The molecule has 2 fully saturated rings. The van der Waals surface area contributed by atoms with Gasteiger partial charge in [0, 0.05) is 53.0 Å². The van der Waals surface area contributed by atoms with Gasteiger partial charge in [0.05, 0.1) is 22.8 Å². The molecule has 5 N–H and O–H groups in total. The smallest absolute Gasteiger partial charge is 0.278 e. The molecule has 1 saturated carbocycles. The fourth-order valence-corrected chi connectivity index (χ4v) is 6.60. The number of anilines is 1. The third-order valence-corrected chi connectivity index (χ3v) is 9.64. The van der Waals surface area contributed by atoms with E-state index in [0.717, 1.165) is 66.6 Å². The highest BCUT2D eigenvalue weighted by Gasteiger charge is 2.45. The van der Waals surface area contributed by atoms with Crippen molar-refractivity contribution >= 4 is 16.7 Å². The van der Waals surface area contributed by atoms with E-state index in [1.807, 2.05) is 6.92 Å². The highest BCUT2D eigenvalue weighted by molar-refractivity contribution is 5.91. The SMILES string of the molecule is Cc1nc2c3cc(C4(C)CC4)nc(c3n1)CCCCN/C(=C\NN)CN1CCC(CC1)C(F)(F)c1cccc(c1F)[C@@H](C)N2. The van der Waals surface area contributed by atoms with Crippen LogP contribution in [0.2, 0.25) is 0 Å². The van der Waals surface area contributed by atoms with Crippen LogP contribution in [0.5, 0.6) is 0 Å². The molecule has 0 amide bonds. The highest BCUT2D eigenvalue weighted by atomic mass is 19.3. The van der Waals surface area contributed by atoms with E-state index in [1.54, 1.807) is 19.2 Å². The molecular formula is C33H43F3N8. The second-order valence-electron chi connectivity index (χ2n) is 13.0. The van der Waals surface area contributed by atoms with Crippen molar-refractivity contribution in [2.75, 3.05) is 31.5 Å². The van der Waals surface area contributed by atoms with Gasteiger partial charge in [-0.2, -0.15) is 0 Å². The van der Waals surface area contributed by atoms with Gasteiger partial charge in [-0.25, -0.2) is 23.1 Å². The van der Waals surface area contributed by atoms with Gasteiger partial charge < -0.3 is 16.1 Å². The molecule has 3 aliphatic heterocycles. The summed E-state index contributed by atoms with van der Waals surface area (Å²) in [6.45, 7) is 8.13. The first-order valence-electron chi connectivity index (χ1n) is 15.8. The minimum absolute atomic E-state index is 0.0141. The van der Waals surface area contributed by atoms with Gasteiger partial charge in [-0.05, 0) is 77.9 Å². The largest absolute Gasteiger partial charge is 0.386 e. The lowest BCUT2D eigenvalue weighted by Crippen LogP contribution is -2.42. The summed E-state index contributed by atoms with van der Waals surface area (Å²) in [7, 11) is 0. The van der Waals surface area contributed by atoms with Crippen LogP contribution in [0, 0.1) is 18.7 Å². The number of hydrogen-bond donors (Lipinski definition) is 4. The van der Waals surface area contributed by atoms with Crippen LogP contribution < -0.4 is 21.9 Å². The topological polar surface area (TPSA) is 104 Å². The second kappa shape index (κ2) is 12.2. The molecule has 0 unspecified atom stereocenters. The molecule has 11 heteroatoms. The molecule has 44 heavy (non-hydrogen) atoms. The number of aryl methyl sites for hydroxylation is 2. The van der Waals surface area contributed by atoms with Crippen molar-refractivity contribution in [3.8, 4) is 0 Å². The van der Waals surface area contributed by atoms with Crippen molar-refractivity contribution < 1.29 is 13.2 Å². The lowest BCUT2D eigenvalue weighted by Gasteiger charge is -2.36. The van der Waals surface area contributed by atoms with Gasteiger partial charge in [0.15, 0.2) is 0 Å². The molecule has 1 aliphatic carbocycles. The number of rotatable bonds is 2. The first kappa shape index (κ1) is 30.6. The first-order chi connectivity index (χ1) is 21.1. The maximum absolute atomic E-state index is 16.0. The molecule has 0 radical (unpaired) electrons. The maximum Gasteiger partial charge on any atom is 0.278 e. The normalized spacial score (nSPS) is 26.1. The fraction of sp³-hybridized carbons (Fsp3) is 0.545. The number of aromatic nitrogens is 3. The Labute approximate surface area is 257 Å². The number of nitrogens with zero attached hydrogens (tertiary/aromatic N) is 4. The van der Waals surface area contributed by atoms with Crippen LogP contribution >= 0.6 is 0 Å². The zero-order valence-corrected chi connectivity index (χ0v) is 25.8. The number of fused-ring (bicyclic) bond motifs is 9. The molecule has 1 atom stereocenters. The molecule has 8 bridgehead atoms. The van der Waals surface area contributed by atoms with E-state index >= 15 is 13.2 Å². The number of pyridine rings is 1. The Hall–Kier alpha value is -3.44. The summed E-state index contributed by atoms with van der Waals surface area (Å²) in [6, 6.07) is 5.79. The Morgan fingerprint density at radius 3 is 2.61 bits per heavy atom. The average molecular weight is 609 g/mol. The standard InChI is InChI=1S/C33H43F3N8/c1-20-24-7-6-8-26(29(24)34)33(35,36)22-10-15-44(16-11-22)19-23(18-39-37)38-14-5-4-9-27-30-25(31(40-20)42-21(2)41-30)17-28(43-27)32(3)12-13-32/h6-8,17-18,20,22,38-39H,4-5,9-16,19,37H2,1-3H3,(H,40,41,42)/b23-18-/t20-/m1/s1. The molecule has 0 spiro atoms. The Balaban J connectivity index is 1.42. The number of hydrazine groups is 1. The van der Waals surface area contributed by atoms with Crippen LogP contribution in [-0.2, 0) is 17.8 Å². The minimum atomic E-state index is -3.30. The van der Waals surface area contributed by atoms with Crippen LogP contribution in [0.4, 0.5) is 19.0 Å². The molecule has 2 aromatic heterocycles. The molecule has 1 aromatic carbocycles. The molecule has 3 aromatic rings. The predicted molar refractivity (Wildman–Crippen MR) is 166 cm³/mol. The summed E-state index contributed by atoms with van der Waals surface area (Å²) in [5.41, 5.74) is 5.89. The summed E-state index contributed by atoms with van der Waals surface area (Å²) in [5, 5.41) is 7.67. The summed E-state index contributed by atoms with van der Waals surface area (Å²) >= 11 is 0. The monoisotopic (exact) mass is 608 g/mol. The van der Waals surface area contributed by atoms with Crippen molar-refractivity contribution in [1.29, 1.82) is 0 Å². The van der Waals surface area contributed by atoms with E-state index in [4.69, 9.17) is 20.8 Å². The third kappa shape index (κ3) is 6.08. The van der Waals surface area contributed by atoms with E-state index < -0.39 is 29.3 Å². The van der Waals surface area contributed by atoms with Crippen molar-refractivity contribution in [2.45, 2.75) is 83.1 Å². The quantitative estimate of drug-likeness (QED) is 0.216. The molecule has 1 saturated heterocycles. The number of nitrogens with one attached hydrogen (secondary N) is 3. The Morgan fingerprint density at radius 2 is 1.89 bits per heavy atom. The molecule has 5 heterocycles. The van der Waals surface area contributed by atoms with E-state index in [1.165, 1.54) is 12.1 Å². The van der Waals surface area contributed by atoms with Crippen molar-refractivity contribution in [1.82, 2.24) is 30.6 Å². The number of hydrogen-bond acceptors (Lipinski definition) is 8. The van der Waals surface area contributed by atoms with E-state index in [9.17, 15) is 0 Å². The van der Waals surface area contributed by atoms with Gasteiger partial charge in [-0.1, -0.05) is 25.1 Å². The van der Waals surface area contributed by atoms with Gasteiger partial charge >= 0.3 is 0 Å². The van der Waals surface area contributed by atoms with Crippen LogP contribution in [0.15, 0.2) is 36.2 Å². The lowest BCUT2D eigenvalue weighted by molar-refractivity contribution is -0.0874. The predicted octanol–water partition coefficient (Wildman–Crippen LogP) is 5.73. The number of halogens is 3.